The van der Waals surface area contributed by atoms with Crippen LogP contribution < -0.4 is 0 Å². The minimum atomic E-state index is -2.64. The van der Waals surface area contributed by atoms with Crippen molar-refractivity contribution in [3.05, 3.63) is 32.4 Å². The predicted octanol–water partition coefficient (Wildman–Crippen LogP) is 3.21. The Morgan fingerprint density at radius 2 is 2.22 bits per heavy atom. The van der Waals surface area contributed by atoms with E-state index in [0.29, 0.717) is 9.13 Å². The van der Waals surface area contributed by atoms with E-state index in [0.717, 1.165) is 6.07 Å². The van der Waals surface area contributed by atoms with Crippen LogP contribution in [0.25, 0.3) is 0 Å². The summed E-state index contributed by atoms with van der Waals surface area (Å²) < 4.78 is 30.4. The molecule has 0 N–H and O–H groups in total. The highest BCUT2D eigenvalue weighted by atomic mass is 127. The van der Waals surface area contributed by atoms with Crippen molar-refractivity contribution < 1.29 is 18.3 Å². The molecule has 0 aliphatic rings. The fourth-order valence-electron chi connectivity index (χ4n) is 1.42. The van der Waals surface area contributed by atoms with Gasteiger partial charge in [0, 0.05) is 9.13 Å². The van der Waals surface area contributed by atoms with E-state index in [1.165, 1.54) is 6.07 Å². The summed E-state index contributed by atoms with van der Waals surface area (Å²) >= 11 is 1.84. The van der Waals surface area contributed by atoms with Crippen LogP contribution in [0.1, 0.15) is 30.0 Å². The zero-order valence-corrected chi connectivity index (χ0v) is 11.7. The topological polar surface area (TPSA) is 50.1 Å². The monoisotopic (exact) mass is 365 g/mol. The first-order chi connectivity index (χ1) is 8.49. The quantitative estimate of drug-likeness (QED) is 0.608. The van der Waals surface area contributed by atoms with Crippen LogP contribution in [0.15, 0.2) is 12.1 Å². The smallest absolute Gasteiger partial charge is 0.310 e. The molecule has 0 saturated heterocycles. The van der Waals surface area contributed by atoms with Crippen molar-refractivity contribution in [1.82, 2.24) is 0 Å². The van der Waals surface area contributed by atoms with E-state index >= 15 is 0 Å². The molecule has 3 nitrogen and oxygen atoms in total. The highest BCUT2D eigenvalue weighted by Crippen LogP contribution is 2.26. The standard InChI is InChI=1S/C12H10F2INO2/c1-2-18-11(17)5-9-8(6-16)3-7(12(13)14)4-10(9)15/h3-4,12H,2,5H2,1H3. The molecule has 0 amide bonds. The number of benzene rings is 1. The molecule has 0 unspecified atom stereocenters. The largest absolute Gasteiger partial charge is 0.466 e. The lowest BCUT2D eigenvalue weighted by atomic mass is 10.0. The third kappa shape index (κ3) is 3.63. The van der Waals surface area contributed by atoms with Gasteiger partial charge in [0.05, 0.1) is 24.7 Å². The number of ether oxygens (including phenoxy) is 1. The number of carbonyl (C=O) groups is 1. The van der Waals surface area contributed by atoms with Crippen LogP contribution in [-0.4, -0.2) is 12.6 Å². The number of nitriles is 1. The highest BCUT2D eigenvalue weighted by Gasteiger charge is 2.17. The van der Waals surface area contributed by atoms with E-state index in [9.17, 15) is 13.6 Å². The van der Waals surface area contributed by atoms with Crippen molar-refractivity contribution in [2.45, 2.75) is 19.8 Å². The normalized spacial score (nSPS) is 10.2. The molecule has 0 fully saturated rings. The van der Waals surface area contributed by atoms with Crippen LogP contribution in [0.2, 0.25) is 0 Å². The van der Waals surface area contributed by atoms with E-state index in [1.54, 1.807) is 6.92 Å². The van der Waals surface area contributed by atoms with Crippen LogP contribution in [0.4, 0.5) is 8.78 Å². The molecule has 0 aromatic heterocycles. The Hall–Kier alpha value is -1.23. The summed E-state index contributed by atoms with van der Waals surface area (Å²) in [5, 5.41) is 8.94. The SMILES string of the molecule is CCOC(=O)Cc1c(I)cc(C(F)F)cc1C#N. The Morgan fingerprint density at radius 1 is 1.56 bits per heavy atom. The van der Waals surface area contributed by atoms with Gasteiger partial charge in [0.1, 0.15) is 0 Å². The number of alkyl halides is 2. The lowest BCUT2D eigenvalue weighted by Crippen LogP contribution is -2.10. The van der Waals surface area contributed by atoms with Gasteiger partial charge in [-0.2, -0.15) is 5.26 Å². The number of esters is 1. The molecule has 1 aromatic carbocycles. The zero-order chi connectivity index (χ0) is 13.7. The van der Waals surface area contributed by atoms with Gasteiger partial charge in [-0.3, -0.25) is 4.79 Å². The first-order valence-corrected chi connectivity index (χ1v) is 6.23. The van der Waals surface area contributed by atoms with Crippen molar-refractivity contribution in [2.75, 3.05) is 6.61 Å². The second-order valence-electron chi connectivity index (χ2n) is 3.42. The van der Waals surface area contributed by atoms with Crippen molar-refractivity contribution in [1.29, 1.82) is 5.26 Å². The summed E-state index contributed by atoms with van der Waals surface area (Å²) in [5.74, 6) is -0.475. The van der Waals surface area contributed by atoms with E-state index in [-0.39, 0.29) is 24.2 Å². The summed E-state index contributed by atoms with van der Waals surface area (Å²) in [4.78, 5) is 11.4. The molecule has 0 spiro atoms. The molecule has 1 aromatic rings. The van der Waals surface area contributed by atoms with Gasteiger partial charge < -0.3 is 4.74 Å². The average Bonchev–Trinajstić information content (AvgIpc) is 2.31. The molecule has 1 rings (SSSR count). The van der Waals surface area contributed by atoms with E-state index in [1.807, 2.05) is 28.7 Å². The molecule has 0 aliphatic carbocycles. The van der Waals surface area contributed by atoms with Crippen molar-refractivity contribution in [3.63, 3.8) is 0 Å². The van der Waals surface area contributed by atoms with Gasteiger partial charge in [0.15, 0.2) is 0 Å². The zero-order valence-electron chi connectivity index (χ0n) is 9.54. The molecule has 0 atom stereocenters. The lowest BCUT2D eigenvalue weighted by Gasteiger charge is -2.09. The van der Waals surface area contributed by atoms with Gasteiger partial charge in [-0.05, 0) is 47.2 Å². The molecular weight excluding hydrogens is 355 g/mol. The van der Waals surface area contributed by atoms with Crippen molar-refractivity contribution >= 4 is 28.6 Å². The summed E-state index contributed by atoms with van der Waals surface area (Å²) in [5.41, 5.74) is 0.301. The van der Waals surface area contributed by atoms with E-state index in [4.69, 9.17) is 10.00 Å². The number of hydrogen-bond donors (Lipinski definition) is 0. The van der Waals surface area contributed by atoms with Crippen LogP contribution in [0, 0.1) is 14.9 Å². The molecule has 6 heteroatoms. The van der Waals surface area contributed by atoms with Gasteiger partial charge in [-0.25, -0.2) is 8.78 Å². The maximum Gasteiger partial charge on any atom is 0.310 e. The fourth-order valence-corrected chi connectivity index (χ4v) is 2.26. The molecule has 0 saturated carbocycles. The van der Waals surface area contributed by atoms with Crippen LogP contribution in [0.3, 0.4) is 0 Å². The number of rotatable bonds is 4. The van der Waals surface area contributed by atoms with Gasteiger partial charge in [0.2, 0.25) is 0 Å². The summed E-state index contributed by atoms with van der Waals surface area (Å²) in [6, 6.07) is 4.22. The molecule has 0 radical (unpaired) electrons. The lowest BCUT2D eigenvalue weighted by molar-refractivity contribution is -0.142. The van der Waals surface area contributed by atoms with Crippen LogP contribution in [0.5, 0.6) is 0 Å². The molecule has 0 aliphatic heterocycles. The molecule has 0 bridgehead atoms. The Labute approximate surface area is 117 Å². The minimum Gasteiger partial charge on any atom is -0.466 e. The van der Waals surface area contributed by atoms with E-state index in [2.05, 4.69) is 0 Å². The first-order valence-electron chi connectivity index (χ1n) is 5.15. The van der Waals surface area contributed by atoms with Gasteiger partial charge in [-0.1, -0.05) is 0 Å². The van der Waals surface area contributed by atoms with Crippen LogP contribution >= 0.6 is 22.6 Å². The predicted molar refractivity (Wildman–Crippen MR) is 69.2 cm³/mol. The second kappa shape index (κ2) is 6.64. The molecule has 18 heavy (non-hydrogen) atoms. The third-order valence-corrected chi connectivity index (χ3v) is 3.18. The maximum absolute atomic E-state index is 12.6. The summed E-state index contributed by atoms with van der Waals surface area (Å²) in [6.07, 6.45) is -2.72. The van der Waals surface area contributed by atoms with Crippen molar-refractivity contribution in [3.8, 4) is 6.07 Å². The molecule has 0 heterocycles. The number of carbonyl (C=O) groups excluding carboxylic acids is 1. The Kier molecular flexibility index (Phi) is 5.47. The Balaban J connectivity index is 3.12. The fraction of sp³-hybridized carbons (Fsp3) is 0.333. The van der Waals surface area contributed by atoms with Gasteiger partial charge in [0.25, 0.3) is 6.43 Å². The Bertz CT molecular complexity index is 498. The average molecular weight is 365 g/mol. The van der Waals surface area contributed by atoms with Crippen molar-refractivity contribution in [2.24, 2.45) is 0 Å². The molecular formula is C12H10F2INO2. The number of nitrogens with zero attached hydrogens (tertiary/aromatic N) is 1. The summed E-state index contributed by atoms with van der Waals surface area (Å²) in [7, 11) is 0. The highest BCUT2D eigenvalue weighted by molar-refractivity contribution is 14.1. The minimum absolute atomic E-state index is 0.0848. The van der Waals surface area contributed by atoms with Gasteiger partial charge in [-0.15, -0.1) is 0 Å². The van der Waals surface area contributed by atoms with Gasteiger partial charge >= 0.3 is 5.97 Å². The third-order valence-electron chi connectivity index (χ3n) is 2.22. The Morgan fingerprint density at radius 3 is 2.72 bits per heavy atom. The van der Waals surface area contributed by atoms with E-state index < -0.39 is 12.4 Å². The summed E-state index contributed by atoms with van der Waals surface area (Å²) in [6.45, 7) is 1.92. The van der Waals surface area contributed by atoms with Crippen LogP contribution in [-0.2, 0) is 16.0 Å². The number of hydrogen-bond acceptors (Lipinski definition) is 3. The number of halogens is 3. The molecule has 96 valence electrons. The maximum atomic E-state index is 12.6. The second-order valence-corrected chi connectivity index (χ2v) is 4.59. The first kappa shape index (κ1) is 14.8.